The average molecular weight is 517 g/mol. The van der Waals surface area contributed by atoms with E-state index in [1.165, 1.54) is 0 Å². The van der Waals surface area contributed by atoms with E-state index in [0.29, 0.717) is 39.1 Å². The highest BCUT2D eigenvalue weighted by Gasteiger charge is 2.42. The van der Waals surface area contributed by atoms with Gasteiger partial charge < -0.3 is 0 Å². The van der Waals surface area contributed by atoms with Gasteiger partial charge in [0.2, 0.25) is 0 Å². The summed E-state index contributed by atoms with van der Waals surface area (Å²) in [5, 5.41) is 0. The molecular weight excluding hydrogens is 469 g/mol. The lowest BCUT2D eigenvalue weighted by Gasteiger charge is -2.38. The number of rotatable bonds is 7. The molecule has 0 spiro atoms. The van der Waals surface area contributed by atoms with Gasteiger partial charge in [-0.3, -0.25) is 0 Å². The summed E-state index contributed by atoms with van der Waals surface area (Å²) >= 11 is 0. The van der Waals surface area contributed by atoms with Crippen molar-refractivity contribution in [1.29, 1.82) is 0 Å². The highest BCUT2D eigenvalue weighted by atomic mass is 28.3. The van der Waals surface area contributed by atoms with Gasteiger partial charge in [0.25, 0.3) is 0 Å². The van der Waals surface area contributed by atoms with Crippen molar-refractivity contribution in [1.82, 2.24) is 9.97 Å². The first kappa shape index (κ1) is 30.1. The highest BCUT2D eigenvalue weighted by Crippen LogP contribution is 2.42. The summed E-state index contributed by atoms with van der Waals surface area (Å²) in [4.78, 5) is 9.29. The molecule has 2 nitrogen and oxygen atoms in total. The minimum absolute atomic E-state index is 0.583. The number of nitrogens with zero attached hydrogens (tertiary/aromatic N) is 2. The predicted octanol–water partition coefficient (Wildman–Crippen LogP) is 9.28. The Morgan fingerprint density at radius 1 is 0.528 bits per heavy atom. The van der Waals surface area contributed by atoms with Crippen LogP contribution in [0.3, 0.4) is 0 Å². The fourth-order valence-electron chi connectivity index (χ4n) is 6.65. The zero-order valence-electron chi connectivity index (χ0n) is 24.8. The van der Waals surface area contributed by atoms with E-state index in [0.717, 1.165) is 16.7 Å². The first-order chi connectivity index (χ1) is 16.8. The maximum atomic E-state index is 4.65. The molecule has 0 saturated carbocycles. The van der Waals surface area contributed by atoms with Crippen LogP contribution >= 0.6 is 0 Å². The number of benzene rings is 1. The highest BCUT2D eigenvalue weighted by molar-refractivity contribution is 6.91. The Morgan fingerprint density at radius 3 is 1.17 bits per heavy atom. The molecule has 36 heavy (non-hydrogen) atoms. The molecule has 2 rings (SSSR count). The van der Waals surface area contributed by atoms with Crippen molar-refractivity contribution in [2.45, 2.75) is 116 Å². The van der Waals surface area contributed by atoms with E-state index in [1.54, 1.807) is 0 Å². The van der Waals surface area contributed by atoms with Crippen LogP contribution < -0.4 is 0 Å². The van der Waals surface area contributed by atoms with E-state index in [4.69, 9.17) is 0 Å². The van der Waals surface area contributed by atoms with E-state index in [-0.39, 0.29) is 0 Å². The Labute approximate surface area is 224 Å². The molecule has 0 aliphatic rings. The lowest BCUT2D eigenvalue weighted by Crippen LogP contribution is -2.43. The predicted molar refractivity (Wildman–Crippen MR) is 163 cm³/mol. The average Bonchev–Trinajstić information content (AvgIpc) is 2.79. The van der Waals surface area contributed by atoms with Crippen LogP contribution in [0.4, 0.5) is 0 Å². The summed E-state index contributed by atoms with van der Waals surface area (Å²) in [5.41, 5.74) is 14.3. The molecule has 0 amide bonds. The van der Waals surface area contributed by atoms with Crippen LogP contribution in [0.1, 0.15) is 94.2 Å². The Bertz CT molecular complexity index is 1010. The van der Waals surface area contributed by atoms with Crippen LogP contribution in [-0.4, -0.2) is 26.1 Å². The monoisotopic (exact) mass is 516 g/mol. The molecule has 0 radical (unpaired) electrons. The van der Waals surface area contributed by atoms with Gasteiger partial charge in [-0.2, -0.15) is 0 Å². The van der Waals surface area contributed by atoms with E-state index in [1.807, 2.05) is 18.5 Å². The molecule has 0 N–H and O–H groups in total. The molecule has 2 aromatic rings. The molecule has 1 heterocycles. The molecule has 194 valence electrons. The summed E-state index contributed by atoms with van der Waals surface area (Å²) in [6.45, 7) is 28.3. The van der Waals surface area contributed by atoms with Gasteiger partial charge in [-0.15, -0.1) is 11.1 Å². The van der Waals surface area contributed by atoms with Gasteiger partial charge in [-0.1, -0.05) is 101 Å². The van der Waals surface area contributed by atoms with Crippen molar-refractivity contribution in [3.8, 4) is 34.3 Å². The fourth-order valence-corrected chi connectivity index (χ4v) is 17.1. The third kappa shape index (κ3) is 5.87. The van der Waals surface area contributed by atoms with Crippen LogP contribution in [0.25, 0.3) is 11.4 Å². The Hall–Kier alpha value is -2.15. The van der Waals surface area contributed by atoms with E-state index >= 15 is 0 Å². The van der Waals surface area contributed by atoms with E-state index < -0.39 is 16.1 Å². The minimum atomic E-state index is -1.88. The second-order valence-corrected chi connectivity index (χ2v) is 23.3. The largest absolute Gasteiger partial charge is 0.237 e. The zero-order chi connectivity index (χ0) is 27.3. The molecular formula is C32H48N2Si2. The van der Waals surface area contributed by atoms with Gasteiger partial charge in [0.05, 0.1) is 5.56 Å². The summed E-state index contributed by atoms with van der Waals surface area (Å²) in [5.74, 6) is 8.07. The lowest BCUT2D eigenvalue weighted by atomic mass is 10.0. The molecule has 1 aromatic carbocycles. The Kier molecular flexibility index (Phi) is 10.4. The molecule has 0 atom stereocenters. The third-order valence-electron chi connectivity index (χ3n) is 8.41. The SMILES string of the molecule is CC(C)[Si](C#Cc1cccc(C#C[Si](C(C)C)(C(C)C)C(C)C)c1-c1ncccn1)(C(C)C)C(C)C. The van der Waals surface area contributed by atoms with Crippen molar-refractivity contribution < 1.29 is 0 Å². The van der Waals surface area contributed by atoms with Crippen molar-refractivity contribution in [2.24, 2.45) is 0 Å². The molecule has 4 heteroatoms. The summed E-state index contributed by atoms with van der Waals surface area (Å²) in [6.07, 6.45) is 3.63. The van der Waals surface area contributed by atoms with E-state index in [9.17, 15) is 0 Å². The van der Waals surface area contributed by atoms with Crippen LogP contribution in [-0.2, 0) is 0 Å². The lowest BCUT2D eigenvalue weighted by molar-refractivity contribution is 0.838. The van der Waals surface area contributed by atoms with Crippen molar-refractivity contribution in [3.05, 3.63) is 47.8 Å². The Balaban J connectivity index is 2.86. The van der Waals surface area contributed by atoms with Gasteiger partial charge in [0.1, 0.15) is 16.1 Å². The number of aromatic nitrogens is 2. The van der Waals surface area contributed by atoms with Gasteiger partial charge in [0.15, 0.2) is 5.82 Å². The molecule has 0 bridgehead atoms. The van der Waals surface area contributed by atoms with Gasteiger partial charge >= 0.3 is 0 Å². The topological polar surface area (TPSA) is 25.8 Å². The van der Waals surface area contributed by atoms with Crippen molar-refractivity contribution in [2.75, 3.05) is 0 Å². The minimum Gasteiger partial charge on any atom is -0.237 e. The molecule has 1 aromatic heterocycles. The van der Waals surface area contributed by atoms with Crippen LogP contribution in [0.2, 0.25) is 33.2 Å². The van der Waals surface area contributed by atoms with Crippen LogP contribution in [0.5, 0.6) is 0 Å². The first-order valence-electron chi connectivity index (χ1n) is 13.8. The smallest absolute Gasteiger partial charge is 0.161 e. The third-order valence-corrected chi connectivity index (χ3v) is 21.0. The van der Waals surface area contributed by atoms with Gasteiger partial charge in [0, 0.05) is 23.5 Å². The summed E-state index contributed by atoms with van der Waals surface area (Å²) in [6, 6.07) is 8.23. The maximum absolute atomic E-state index is 4.65. The van der Waals surface area contributed by atoms with Gasteiger partial charge in [-0.05, 0) is 51.4 Å². The molecule has 0 fully saturated rings. The second kappa shape index (κ2) is 12.4. The summed E-state index contributed by atoms with van der Waals surface area (Å²) in [7, 11) is -3.75. The normalized spacial score (nSPS) is 12.4. The molecule has 0 unspecified atom stereocenters. The van der Waals surface area contributed by atoms with Crippen LogP contribution in [0.15, 0.2) is 36.7 Å². The molecule has 0 aliphatic carbocycles. The molecule has 0 saturated heterocycles. The standard InChI is InChI=1S/C32H48N2Si2/c1-23(2)35(24(3)4,25(5)6)21-17-29-15-13-16-30(31(29)32-33-19-14-20-34-32)18-22-36(26(7)8,27(9)10)28(11)12/h13-16,19-20,23-28H,1-12H3. The summed E-state index contributed by atoms with van der Waals surface area (Å²) < 4.78 is 0. The van der Waals surface area contributed by atoms with Gasteiger partial charge in [-0.25, -0.2) is 9.97 Å². The van der Waals surface area contributed by atoms with Crippen molar-refractivity contribution in [3.63, 3.8) is 0 Å². The quantitative estimate of drug-likeness (QED) is 0.271. The zero-order valence-corrected chi connectivity index (χ0v) is 26.8. The van der Waals surface area contributed by atoms with Crippen molar-refractivity contribution >= 4 is 16.1 Å². The number of hydrogen-bond acceptors (Lipinski definition) is 2. The second-order valence-electron chi connectivity index (χ2n) is 12.1. The first-order valence-corrected chi connectivity index (χ1v) is 18.2. The maximum Gasteiger partial charge on any atom is 0.161 e. The molecule has 0 aliphatic heterocycles. The van der Waals surface area contributed by atoms with Crippen LogP contribution in [0, 0.1) is 22.9 Å². The number of hydrogen-bond donors (Lipinski definition) is 0. The fraction of sp³-hybridized carbons (Fsp3) is 0.562. The Morgan fingerprint density at radius 2 is 0.861 bits per heavy atom. The van der Waals surface area contributed by atoms with E-state index in [2.05, 4.69) is 134 Å².